The molecule has 3 aliphatic carbocycles. The summed E-state index contributed by atoms with van der Waals surface area (Å²) < 4.78 is 5.22. The molecule has 3 saturated carbocycles. The molecule has 3 aliphatic rings. The normalized spacial score (nSPS) is 42.1. The van der Waals surface area contributed by atoms with Crippen molar-refractivity contribution in [3.8, 4) is 11.8 Å². The molecule has 0 N–H and O–H groups in total. The molecule has 144 valence electrons. The van der Waals surface area contributed by atoms with Gasteiger partial charge in [-0.05, 0) is 75.5 Å². The van der Waals surface area contributed by atoms with Gasteiger partial charge in [0, 0.05) is 18.8 Å². The highest BCUT2D eigenvalue weighted by Crippen LogP contribution is 2.64. The predicted molar refractivity (Wildman–Crippen MR) is 102 cm³/mol. The first-order valence-electron chi connectivity index (χ1n) is 10.4. The van der Waals surface area contributed by atoms with Crippen LogP contribution in [0.15, 0.2) is 0 Å². The van der Waals surface area contributed by atoms with E-state index >= 15 is 0 Å². The fourth-order valence-corrected chi connectivity index (χ4v) is 7.01. The summed E-state index contributed by atoms with van der Waals surface area (Å²) >= 11 is 0. The first kappa shape index (κ1) is 19.5. The molecule has 0 unspecified atom stereocenters. The number of methoxy groups -OCH3 is 1. The standard InChI is InChI=1S/C23H34O3/c1-5-6-7-9-17-16-10-13-20-22(2,18(16)11-12-19(17)24)14-8-15-23(20,3)21(25)26-4/h16-18,20H,7-15H2,1-4H3/t16-,17-,18-,20+,22+,23+/m0/s1. The highest BCUT2D eigenvalue weighted by atomic mass is 16.5. The van der Waals surface area contributed by atoms with Crippen molar-refractivity contribution >= 4 is 11.8 Å². The van der Waals surface area contributed by atoms with Gasteiger partial charge in [-0.1, -0.05) is 13.3 Å². The summed E-state index contributed by atoms with van der Waals surface area (Å²) in [5.41, 5.74) is -0.211. The zero-order valence-electron chi connectivity index (χ0n) is 16.9. The Hall–Kier alpha value is -1.30. The first-order valence-corrected chi connectivity index (χ1v) is 10.4. The molecule has 3 heteroatoms. The number of carbonyl (C=O) groups excluding carboxylic acids is 2. The topological polar surface area (TPSA) is 43.4 Å². The van der Waals surface area contributed by atoms with E-state index in [1.807, 2.05) is 6.92 Å². The van der Waals surface area contributed by atoms with E-state index in [1.54, 1.807) is 0 Å². The smallest absolute Gasteiger partial charge is 0.311 e. The number of carbonyl (C=O) groups is 2. The van der Waals surface area contributed by atoms with Gasteiger partial charge < -0.3 is 4.74 Å². The summed E-state index contributed by atoms with van der Waals surface area (Å²) in [7, 11) is 1.52. The average molecular weight is 359 g/mol. The van der Waals surface area contributed by atoms with Crippen LogP contribution in [0.1, 0.15) is 78.6 Å². The second kappa shape index (κ2) is 7.37. The van der Waals surface area contributed by atoms with Crippen molar-refractivity contribution in [1.82, 2.24) is 0 Å². The largest absolute Gasteiger partial charge is 0.469 e. The minimum atomic E-state index is -0.364. The van der Waals surface area contributed by atoms with Crippen molar-refractivity contribution in [1.29, 1.82) is 0 Å². The van der Waals surface area contributed by atoms with E-state index in [0.717, 1.165) is 44.9 Å². The third-order valence-corrected chi connectivity index (χ3v) is 8.17. The molecule has 3 nitrogen and oxygen atoms in total. The van der Waals surface area contributed by atoms with Crippen molar-refractivity contribution in [2.45, 2.75) is 78.6 Å². The van der Waals surface area contributed by atoms with Crippen LogP contribution < -0.4 is 0 Å². The predicted octanol–water partition coefficient (Wildman–Crippen LogP) is 4.78. The lowest BCUT2D eigenvalue weighted by Crippen LogP contribution is -2.57. The fraction of sp³-hybridized carbons (Fsp3) is 0.826. The molecular formula is C23H34O3. The lowest BCUT2D eigenvalue weighted by molar-refractivity contribution is -0.178. The second-order valence-corrected chi connectivity index (χ2v) is 9.25. The molecule has 0 aliphatic heterocycles. The van der Waals surface area contributed by atoms with E-state index in [2.05, 4.69) is 25.7 Å². The molecule has 0 radical (unpaired) electrons. The van der Waals surface area contributed by atoms with Crippen molar-refractivity contribution < 1.29 is 14.3 Å². The lowest BCUT2D eigenvalue weighted by Gasteiger charge is -2.61. The van der Waals surface area contributed by atoms with Crippen LogP contribution in [0.3, 0.4) is 0 Å². The van der Waals surface area contributed by atoms with Gasteiger partial charge in [-0.15, -0.1) is 11.8 Å². The SMILES string of the molecule is CC#CCC[C@@H]1C(=O)CC[C@H]2[C@H]1CC[C@@H]1[C@]2(C)CCC[C@@]1(C)C(=O)OC. The molecule has 0 saturated heterocycles. The van der Waals surface area contributed by atoms with Gasteiger partial charge in [-0.25, -0.2) is 0 Å². The second-order valence-electron chi connectivity index (χ2n) is 9.25. The monoisotopic (exact) mass is 358 g/mol. The van der Waals surface area contributed by atoms with Crippen LogP contribution in [0.5, 0.6) is 0 Å². The summed E-state index contributed by atoms with van der Waals surface area (Å²) in [5, 5.41) is 0. The third kappa shape index (κ3) is 3.00. The third-order valence-electron chi connectivity index (χ3n) is 8.17. The molecule has 6 atom stereocenters. The van der Waals surface area contributed by atoms with Gasteiger partial charge in [-0.2, -0.15) is 0 Å². The van der Waals surface area contributed by atoms with Crippen LogP contribution in [0.25, 0.3) is 0 Å². The molecule has 0 aromatic rings. The van der Waals surface area contributed by atoms with Gasteiger partial charge in [0.05, 0.1) is 12.5 Å². The average Bonchev–Trinajstić information content (AvgIpc) is 2.62. The molecule has 26 heavy (non-hydrogen) atoms. The van der Waals surface area contributed by atoms with E-state index in [-0.39, 0.29) is 22.7 Å². The number of ketones is 1. The van der Waals surface area contributed by atoms with E-state index in [0.29, 0.717) is 30.0 Å². The maximum atomic E-state index is 12.7. The molecule has 3 fully saturated rings. The molecule has 0 bridgehead atoms. The minimum Gasteiger partial charge on any atom is -0.469 e. The van der Waals surface area contributed by atoms with Crippen LogP contribution in [-0.2, 0) is 14.3 Å². The van der Waals surface area contributed by atoms with E-state index in [4.69, 9.17) is 4.74 Å². The Kier molecular flexibility index (Phi) is 5.52. The van der Waals surface area contributed by atoms with Gasteiger partial charge in [0.1, 0.15) is 5.78 Å². The minimum absolute atomic E-state index is 0.0338. The van der Waals surface area contributed by atoms with Crippen molar-refractivity contribution in [3.05, 3.63) is 0 Å². The van der Waals surface area contributed by atoms with Crippen LogP contribution in [0, 0.1) is 46.3 Å². The fourth-order valence-electron chi connectivity index (χ4n) is 7.01. The Morgan fingerprint density at radius 2 is 2.00 bits per heavy atom. The van der Waals surface area contributed by atoms with Crippen molar-refractivity contribution in [2.24, 2.45) is 34.5 Å². The van der Waals surface area contributed by atoms with Crippen LogP contribution in [0.2, 0.25) is 0 Å². The number of rotatable bonds is 3. The summed E-state index contributed by atoms with van der Waals surface area (Å²) in [6, 6.07) is 0. The maximum Gasteiger partial charge on any atom is 0.311 e. The number of Topliss-reactive ketones (excluding diaryl/α,β-unsaturated/α-hetero) is 1. The zero-order valence-corrected chi connectivity index (χ0v) is 16.9. The molecule has 0 amide bonds. The van der Waals surface area contributed by atoms with E-state index < -0.39 is 0 Å². The number of hydrogen-bond acceptors (Lipinski definition) is 3. The molecule has 0 aromatic heterocycles. The molecular weight excluding hydrogens is 324 g/mol. The Labute approximate surface area is 158 Å². The Morgan fingerprint density at radius 3 is 2.69 bits per heavy atom. The zero-order chi connectivity index (χ0) is 18.9. The summed E-state index contributed by atoms with van der Waals surface area (Å²) in [6.07, 6.45) is 8.78. The van der Waals surface area contributed by atoms with Crippen molar-refractivity contribution in [2.75, 3.05) is 7.11 Å². The molecule has 0 spiro atoms. The van der Waals surface area contributed by atoms with Crippen LogP contribution in [-0.4, -0.2) is 18.9 Å². The van der Waals surface area contributed by atoms with Gasteiger partial charge in [-0.3, -0.25) is 9.59 Å². The summed E-state index contributed by atoms with van der Waals surface area (Å²) in [6.45, 7) is 6.41. The number of fused-ring (bicyclic) bond motifs is 3. The molecule has 3 rings (SSSR count). The highest BCUT2D eigenvalue weighted by molar-refractivity contribution is 5.82. The summed E-state index contributed by atoms with van der Waals surface area (Å²) in [5.74, 6) is 8.13. The molecule has 0 aromatic carbocycles. The van der Waals surface area contributed by atoms with Gasteiger partial charge in [0.25, 0.3) is 0 Å². The number of hydrogen-bond donors (Lipinski definition) is 0. The lowest BCUT2D eigenvalue weighted by atomic mass is 9.43. The quantitative estimate of drug-likeness (QED) is 0.538. The van der Waals surface area contributed by atoms with E-state index in [9.17, 15) is 9.59 Å². The molecule has 0 heterocycles. The Balaban J connectivity index is 1.88. The van der Waals surface area contributed by atoms with Crippen LogP contribution in [0.4, 0.5) is 0 Å². The van der Waals surface area contributed by atoms with Gasteiger partial charge in [0.15, 0.2) is 0 Å². The Morgan fingerprint density at radius 1 is 1.23 bits per heavy atom. The maximum absolute atomic E-state index is 12.7. The number of esters is 1. The number of ether oxygens (including phenoxy) is 1. The van der Waals surface area contributed by atoms with Gasteiger partial charge >= 0.3 is 5.97 Å². The van der Waals surface area contributed by atoms with Gasteiger partial charge in [0.2, 0.25) is 0 Å². The highest BCUT2D eigenvalue weighted by Gasteiger charge is 2.60. The summed E-state index contributed by atoms with van der Waals surface area (Å²) in [4.78, 5) is 25.3. The van der Waals surface area contributed by atoms with Crippen LogP contribution >= 0.6 is 0 Å². The Bertz CT molecular complexity index is 627. The first-order chi connectivity index (χ1) is 12.4. The van der Waals surface area contributed by atoms with Crippen molar-refractivity contribution in [3.63, 3.8) is 0 Å². The van der Waals surface area contributed by atoms with E-state index in [1.165, 1.54) is 13.5 Å².